The van der Waals surface area contributed by atoms with Crippen LogP contribution in [0.25, 0.3) is 0 Å². The molecule has 1 amide bonds. The quantitative estimate of drug-likeness (QED) is 0.260. The molecule has 0 aliphatic rings. The summed E-state index contributed by atoms with van der Waals surface area (Å²) in [5, 5.41) is 11.2. The number of ether oxygens (including phenoxy) is 1. The van der Waals surface area contributed by atoms with Gasteiger partial charge in [0.25, 0.3) is 11.6 Å². The molecular formula is C18H17BrN2O5S. The number of hydrogen-bond donors (Lipinski definition) is 0. The molecule has 1 heterocycles. The minimum atomic E-state index is -0.906. The highest BCUT2D eigenvalue weighted by Gasteiger charge is 2.25. The Labute approximate surface area is 168 Å². The number of nitro benzene ring substituents is 1. The van der Waals surface area contributed by atoms with Crippen molar-refractivity contribution in [2.24, 2.45) is 0 Å². The number of rotatable bonds is 8. The number of carbonyl (C=O) groups excluding carboxylic acids is 2. The molecule has 1 aromatic heterocycles. The average Bonchev–Trinajstić information content (AvgIpc) is 3.03. The lowest BCUT2D eigenvalue weighted by Crippen LogP contribution is -2.34. The highest BCUT2D eigenvalue weighted by Crippen LogP contribution is 2.25. The first kappa shape index (κ1) is 20.8. The number of thiophene rings is 1. The van der Waals surface area contributed by atoms with Crippen molar-refractivity contribution in [2.45, 2.75) is 13.5 Å². The third-order valence-electron chi connectivity index (χ3n) is 3.64. The van der Waals surface area contributed by atoms with Crippen LogP contribution >= 0.6 is 27.3 Å². The number of esters is 1. The molecule has 1 aromatic carbocycles. The summed E-state index contributed by atoms with van der Waals surface area (Å²) in [4.78, 5) is 37.7. The Hall–Kier alpha value is -2.52. The zero-order valence-electron chi connectivity index (χ0n) is 14.5. The van der Waals surface area contributed by atoms with Crippen molar-refractivity contribution in [1.82, 2.24) is 4.90 Å². The van der Waals surface area contributed by atoms with E-state index in [0.717, 1.165) is 8.66 Å². The lowest BCUT2D eigenvalue weighted by molar-refractivity contribution is -0.385. The molecule has 7 nitrogen and oxygen atoms in total. The Kier molecular flexibility index (Phi) is 7.26. The largest absolute Gasteiger partial charge is 0.452 e. The molecular weight excluding hydrogens is 436 g/mol. The summed E-state index contributed by atoms with van der Waals surface area (Å²) < 4.78 is 5.98. The number of benzene rings is 1. The van der Waals surface area contributed by atoms with E-state index < -0.39 is 23.4 Å². The number of nitro groups is 1. The number of carbonyl (C=O) groups is 2. The molecule has 27 heavy (non-hydrogen) atoms. The number of nitrogens with zero attached hydrogens (tertiary/aromatic N) is 2. The summed E-state index contributed by atoms with van der Waals surface area (Å²) in [6.07, 6.45) is 1.58. The maximum absolute atomic E-state index is 12.4. The average molecular weight is 453 g/mol. The third-order valence-corrected chi connectivity index (χ3v) is 5.25. The van der Waals surface area contributed by atoms with E-state index in [9.17, 15) is 19.7 Å². The predicted molar refractivity (Wildman–Crippen MR) is 106 cm³/mol. The molecule has 0 saturated carbocycles. The van der Waals surface area contributed by atoms with Gasteiger partial charge in [0.15, 0.2) is 6.61 Å². The Morgan fingerprint density at radius 3 is 2.70 bits per heavy atom. The fourth-order valence-corrected chi connectivity index (χ4v) is 3.90. The molecule has 0 radical (unpaired) electrons. The van der Waals surface area contributed by atoms with E-state index in [-0.39, 0.29) is 17.8 Å². The van der Waals surface area contributed by atoms with Crippen LogP contribution in [-0.4, -0.2) is 34.9 Å². The van der Waals surface area contributed by atoms with Crippen LogP contribution in [0, 0.1) is 17.0 Å². The maximum atomic E-state index is 12.4. The summed E-state index contributed by atoms with van der Waals surface area (Å²) >= 11 is 4.86. The fraction of sp³-hybridized carbons (Fsp3) is 0.222. The summed E-state index contributed by atoms with van der Waals surface area (Å²) in [5.41, 5.74) is -0.149. The number of halogens is 1. The molecule has 0 bridgehead atoms. The summed E-state index contributed by atoms with van der Waals surface area (Å²) in [5.74, 6) is -1.32. The second-order valence-electron chi connectivity index (χ2n) is 5.57. The van der Waals surface area contributed by atoms with Gasteiger partial charge in [-0.2, -0.15) is 0 Å². The minimum Gasteiger partial charge on any atom is -0.452 e. The Bertz CT molecular complexity index is 880. The second-order valence-corrected chi connectivity index (χ2v) is 8.12. The molecule has 0 aliphatic carbocycles. The van der Waals surface area contributed by atoms with E-state index in [2.05, 4.69) is 22.5 Å². The minimum absolute atomic E-state index is 0.176. The van der Waals surface area contributed by atoms with E-state index in [1.807, 2.05) is 12.1 Å². The van der Waals surface area contributed by atoms with Gasteiger partial charge in [0.1, 0.15) is 5.56 Å². The van der Waals surface area contributed by atoms with Crippen molar-refractivity contribution in [3.05, 3.63) is 72.9 Å². The second kappa shape index (κ2) is 9.43. The smallest absolute Gasteiger partial charge is 0.345 e. The first-order valence-electron chi connectivity index (χ1n) is 7.87. The molecule has 0 N–H and O–H groups in total. The molecule has 0 unspecified atom stereocenters. The lowest BCUT2D eigenvalue weighted by Gasteiger charge is -2.20. The van der Waals surface area contributed by atoms with Gasteiger partial charge in [-0.1, -0.05) is 18.2 Å². The van der Waals surface area contributed by atoms with E-state index >= 15 is 0 Å². The number of para-hydroxylation sites is 1. The zero-order valence-corrected chi connectivity index (χ0v) is 16.9. The van der Waals surface area contributed by atoms with Gasteiger partial charge in [-0.05, 0) is 41.1 Å². The van der Waals surface area contributed by atoms with Crippen LogP contribution in [-0.2, 0) is 16.1 Å². The van der Waals surface area contributed by atoms with Crippen LogP contribution < -0.4 is 0 Å². The van der Waals surface area contributed by atoms with Gasteiger partial charge in [-0.3, -0.25) is 14.9 Å². The molecule has 142 valence electrons. The van der Waals surface area contributed by atoms with E-state index in [1.165, 1.54) is 41.4 Å². The lowest BCUT2D eigenvalue weighted by atomic mass is 10.1. The van der Waals surface area contributed by atoms with E-state index in [0.29, 0.717) is 12.1 Å². The van der Waals surface area contributed by atoms with Crippen molar-refractivity contribution in [3.63, 3.8) is 0 Å². The molecule has 0 spiro atoms. The van der Waals surface area contributed by atoms with Crippen molar-refractivity contribution >= 4 is 44.8 Å². The monoisotopic (exact) mass is 452 g/mol. The SMILES string of the molecule is C=CCN(Cc1ccc(Br)s1)C(=O)COC(=O)c1cccc(C)c1[N+](=O)[O-]. The van der Waals surface area contributed by atoms with E-state index in [4.69, 9.17) is 4.74 Å². The third kappa shape index (κ3) is 5.48. The zero-order chi connectivity index (χ0) is 20.0. The first-order valence-corrected chi connectivity index (χ1v) is 9.48. The van der Waals surface area contributed by atoms with Crippen LogP contribution in [0.1, 0.15) is 20.8 Å². The van der Waals surface area contributed by atoms with Gasteiger partial charge in [-0.25, -0.2) is 4.79 Å². The van der Waals surface area contributed by atoms with Gasteiger partial charge in [-0.15, -0.1) is 17.9 Å². The van der Waals surface area contributed by atoms with Gasteiger partial charge in [0.2, 0.25) is 0 Å². The molecule has 0 atom stereocenters. The molecule has 9 heteroatoms. The fourth-order valence-electron chi connectivity index (χ4n) is 2.40. The van der Waals surface area contributed by atoms with Gasteiger partial charge in [0, 0.05) is 17.0 Å². The molecule has 0 aliphatic heterocycles. The molecule has 2 aromatic rings. The molecule has 2 rings (SSSR count). The van der Waals surface area contributed by atoms with E-state index in [1.54, 1.807) is 6.08 Å². The molecule has 0 fully saturated rings. The number of amides is 1. The van der Waals surface area contributed by atoms with Crippen LogP contribution in [0.2, 0.25) is 0 Å². The Morgan fingerprint density at radius 2 is 2.11 bits per heavy atom. The standard InChI is InChI=1S/C18H17BrN2O5S/c1-3-9-20(10-13-7-8-15(19)27-13)16(22)11-26-18(23)14-6-4-5-12(2)17(14)21(24)25/h3-8H,1,9-11H2,2H3. The van der Waals surface area contributed by atoms with Gasteiger partial charge in [0.05, 0.1) is 15.3 Å². The van der Waals surface area contributed by atoms with Gasteiger partial charge < -0.3 is 9.64 Å². The summed E-state index contributed by atoms with van der Waals surface area (Å²) in [6, 6.07) is 8.14. The highest BCUT2D eigenvalue weighted by molar-refractivity contribution is 9.11. The van der Waals surface area contributed by atoms with Crippen molar-refractivity contribution < 1.29 is 19.2 Å². The summed E-state index contributed by atoms with van der Waals surface area (Å²) in [6.45, 7) is 5.29. The van der Waals surface area contributed by atoms with Crippen molar-refractivity contribution in [3.8, 4) is 0 Å². The van der Waals surface area contributed by atoms with Crippen molar-refractivity contribution in [1.29, 1.82) is 0 Å². The van der Waals surface area contributed by atoms with Crippen molar-refractivity contribution in [2.75, 3.05) is 13.2 Å². The first-order chi connectivity index (χ1) is 12.8. The maximum Gasteiger partial charge on any atom is 0.345 e. The Morgan fingerprint density at radius 1 is 1.37 bits per heavy atom. The normalized spacial score (nSPS) is 10.3. The van der Waals surface area contributed by atoms with Gasteiger partial charge >= 0.3 is 5.97 Å². The predicted octanol–water partition coefficient (Wildman–Crippen LogP) is 4.10. The topological polar surface area (TPSA) is 89.8 Å². The van der Waals surface area contributed by atoms with Crippen LogP contribution in [0.5, 0.6) is 0 Å². The number of hydrogen-bond acceptors (Lipinski definition) is 6. The van der Waals surface area contributed by atoms with Crippen LogP contribution in [0.15, 0.2) is 46.8 Å². The highest BCUT2D eigenvalue weighted by atomic mass is 79.9. The van der Waals surface area contributed by atoms with Crippen LogP contribution in [0.3, 0.4) is 0 Å². The van der Waals surface area contributed by atoms with Crippen LogP contribution in [0.4, 0.5) is 5.69 Å². The number of aryl methyl sites for hydroxylation is 1. The molecule has 0 saturated heterocycles. The Balaban J connectivity index is 2.06. The summed E-state index contributed by atoms with van der Waals surface area (Å²) in [7, 11) is 0.